The van der Waals surface area contributed by atoms with Gasteiger partial charge in [0.05, 0.1) is 5.92 Å². The van der Waals surface area contributed by atoms with Crippen molar-refractivity contribution in [3.8, 4) is 0 Å². The van der Waals surface area contributed by atoms with Gasteiger partial charge in [0, 0.05) is 19.1 Å². The highest BCUT2D eigenvalue weighted by Gasteiger charge is 2.33. The molecule has 1 saturated heterocycles. The monoisotopic (exact) mass is 277 g/mol. The summed E-state index contributed by atoms with van der Waals surface area (Å²) in [6, 6.07) is 8.58. The second-order valence-corrected chi connectivity index (χ2v) is 6.59. The van der Waals surface area contributed by atoms with Crippen molar-refractivity contribution in [2.45, 2.75) is 31.3 Å². The zero-order valence-electron chi connectivity index (χ0n) is 10.9. The number of rotatable bonds is 2. The van der Waals surface area contributed by atoms with Gasteiger partial charge in [0.25, 0.3) is 0 Å². The van der Waals surface area contributed by atoms with Gasteiger partial charge in [-0.2, -0.15) is 11.8 Å². The summed E-state index contributed by atoms with van der Waals surface area (Å²) in [4.78, 5) is 13.9. The van der Waals surface area contributed by atoms with Gasteiger partial charge in [0.15, 0.2) is 0 Å². The van der Waals surface area contributed by atoms with Crippen LogP contribution in [-0.2, 0) is 11.3 Å². The number of nitrogens with zero attached hydrogens (tertiary/aromatic N) is 1. The van der Waals surface area contributed by atoms with Crippen LogP contribution in [-0.4, -0.2) is 40.1 Å². The SMILES string of the molecule is O=C(O)C1CN(C2CCSCC2)Cc2ccccc21. The minimum Gasteiger partial charge on any atom is -0.481 e. The second-order valence-electron chi connectivity index (χ2n) is 5.36. The summed E-state index contributed by atoms with van der Waals surface area (Å²) >= 11 is 2.01. The van der Waals surface area contributed by atoms with Crippen LogP contribution in [0.2, 0.25) is 0 Å². The lowest BCUT2D eigenvalue weighted by Crippen LogP contribution is -2.44. The topological polar surface area (TPSA) is 40.5 Å². The van der Waals surface area contributed by atoms with Crippen LogP contribution < -0.4 is 0 Å². The third-order valence-electron chi connectivity index (χ3n) is 4.23. The molecule has 1 fully saturated rings. The van der Waals surface area contributed by atoms with Crippen molar-refractivity contribution in [2.75, 3.05) is 18.1 Å². The maximum atomic E-state index is 11.5. The second kappa shape index (κ2) is 5.55. The van der Waals surface area contributed by atoms with E-state index in [2.05, 4.69) is 11.0 Å². The quantitative estimate of drug-likeness (QED) is 0.902. The summed E-state index contributed by atoms with van der Waals surface area (Å²) in [6.45, 7) is 1.58. The van der Waals surface area contributed by atoms with Crippen LogP contribution in [0.1, 0.15) is 29.9 Å². The molecule has 0 radical (unpaired) electrons. The van der Waals surface area contributed by atoms with Crippen LogP contribution in [0.4, 0.5) is 0 Å². The molecule has 102 valence electrons. The Morgan fingerprint density at radius 2 is 2.00 bits per heavy atom. The maximum Gasteiger partial charge on any atom is 0.312 e. The average molecular weight is 277 g/mol. The first kappa shape index (κ1) is 13.0. The first-order valence-corrected chi connectivity index (χ1v) is 8.03. The molecule has 0 bridgehead atoms. The number of hydrogen-bond donors (Lipinski definition) is 1. The van der Waals surface area contributed by atoms with Crippen molar-refractivity contribution in [1.82, 2.24) is 4.90 Å². The van der Waals surface area contributed by atoms with Crippen molar-refractivity contribution in [1.29, 1.82) is 0 Å². The van der Waals surface area contributed by atoms with Crippen LogP contribution in [0, 0.1) is 0 Å². The van der Waals surface area contributed by atoms with Crippen molar-refractivity contribution in [3.63, 3.8) is 0 Å². The van der Waals surface area contributed by atoms with E-state index < -0.39 is 5.97 Å². The first-order valence-electron chi connectivity index (χ1n) is 6.88. The van der Waals surface area contributed by atoms with Gasteiger partial charge in [0.2, 0.25) is 0 Å². The number of thioether (sulfide) groups is 1. The fourth-order valence-corrected chi connectivity index (χ4v) is 4.26. The highest BCUT2D eigenvalue weighted by Crippen LogP contribution is 2.32. The Balaban J connectivity index is 1.85. The maximum absolute atomic E-state index is 11.5. The van der Waals surface area contributed by atoms with Gasteiger partial charge in [-0.1, -0.05) is 24.3 Å². The van der Waals surface area contributed by atoms with E-state index in [-0.39, 0.29) is 5.92 Å². The molecule has 1 aromatic carbocycles. The largest absolute Gasteiger partial charge is 0.481 e. The van der Waals surface area contributed by atoms with Crippen LogP contribution in [0.15, 0.2) is 24.3 Å². The van der Waals surface area contributed by atoms with Gasteiger partial charge in [-0.05, 0) is 35.5 Å². The first-order chi connectivity index (χ1) is 9.25. The molecule has 4 heteroatoms. The summed E-state index contributed by atoms with van der Waals surface area (Å²) in [6.07, 6.45) is 2.39. The Labute approximate surface area is 118 Å². The van der Waals surface area contributed by atoms with E-state index in [1.54, 1.807) is 0 Å². The molecule has 3 nitrogen and oxygen atoms in total. The van der Waals surface area contributed by atoms with Gasteiger partial charge in [0.1, 0.15) is 0 Å². The minimum atomic E-state index is -0.692. The summed E-state index contributed by atoms with van der Waals surface area (Å²) in [7, 11) is 0. The van der Waals surface area contributed by atoms with E-state index in [4.69, 9.17) is 0 Å². The summed E-state index contributed by atoms with van der Waals surface area (Å²) in [5, 5.41) is 9.47. The van der Waals surface area contributed by atoms with E-state index >= 15 is 0 Å². The number of benzene rings is 1. The Hall–Kier alpha value is -1.00. The van der Waals surface area contributed by atoms with Gasteiger partial charge >= 0.3 is 5.97 Å². The summed E-state index contributed by atoms with van der Waals surface area (Å²) in [5.74, 6) is 1.36. The van der Waals surface area contributed by atoms with Crippen molar-refractivity contribution in [2.24, 2.45) is 0 Å². The Morgan fingerprint density at radius 1 is 1.26 bits per heavy atom. The Kier molecular flexibility index (Phi) is 3.80. The van der Waals surface area contributed by atoms with Gasteiger partial charge in [-0.25, -0.2) is 0 Å². The van der Waals surface area contributed by atoms with E-state index in [0.717, 1.165) is 12.1 Å². The minimum absolute atomic E-state index is 0.362. The third-order valence-corrected chi connectivity index (χ3v) is 5.28. The molecule has 1 aromatic rings. The lowest BCUT2D eigenvalue weighted by molar-refractivity contribution is -0.139. The molecule has 19 heavy (non-hydrogen) atoms. The molecule has 0 saturated carbocycles. The smallest absolute Gasteiger partial charge is 0.312 e. The molecule has 0 spiro atoms. The Bertz CT molecular complexity index is 471. The number of aliphatic carboxylic acids is 1. The van der Waals surface area contributed by atoms with E-state index in [9.17, 15) is 9.90 Å². The van der Waals surface area contributed by atoms with Gasteiger partial charge in [-0.15, -0.1) is 0 Å². The molecule has 3 rings (SSSR count). The zero-order valence-corrected chi connectivity index (χ0v) is 11.7. The molecular formula is C15H19NO2S. The van der Waals surface area contributed by atoms with Crippen molar-refractivity contribution < 1.29 is 9.90 Å². The molecule has 2 heterocycles. The van der Waals surface area contributed by atoms with E-state index in [1.807, 2.05) is 30.0 Å². The predicted molar refractivity (Wildman–Crippen MR) is 77.6 cm³/mol. The number of fused-ring (bicyclic) bond motifs is 1. The number of carboxylic acids is 1. The molecule has 1 N–H and O–H groups in total. The molecule has 1 unspecified atom stereocenters. The zero-order chi connectivity index (χ0) is 13.2. The van der Waals surface area contributed by atoms with Crippen molar-refractivity contribution in [3.05, 3.63) is 35.4 Å². The van der Waals surface area contributed by atoms with E-state index in [1.165, 1.54) is 29.9 Å². The molecule has 0 aromatic heterocycles. The number of carbonyl (C=O) groups is 1. The highest BCUT2D eigenvalue weighted by atomic mass is 32.2. The molecular weight excluding hydrogens is 258 g/mol. The third kappa shape index (κ3) is 2.65. The number of hydrogen-bond acceptors (Lipinski definition) is 3. The average Bonchev–Trinajstić information content (AvgIpc) is 2.47. The molecule has 2 aliphatic heterocycles. The standard InChI is InChI=1S/C15H19NO2S/c17-15(18)14-10-16(12-5-7-19-8-6-12)9-11-3-1-2-4-13(11)14/h1-4,12,14H,5-10H2,(H,17,18). The molecule has 1 atom stereocenters. The van der Waals surface area contributed by atoms with Crippen molar-refractivity contribution >= 4 is 17.7 Å². The van der Waals surface area contributed by atoms with Crippen LogP contribution in [0.25, 0.3) is 0 Å². The predicted octanol–water partition coefficient (Wildman–Crippen LogP) is 2.57. The summed E-state index contributed by atoms with van der Waals surface area (Å²) < 4.78 is 0. The molecule has 2 aliphatic rings. The van der Waals surface area contributed by atoms with E-state index in [0.29, 0.717) is 12.6 Å². The fourth-order valence-electron chi connectivity index (χ4n) is 3.17. The van der Waals surface area contributed by atoms with Crippen LogP contribution >= 0.6 is 11.8 Å². The normalized spacial score (nSPS) is 24.9. The lowest BCUT2D eigenvalue weighted by Gasteiger charge is -2.39. The molecule has 0 amide bonds. The lowest BCUT2D eigenvalue weighted by atomic mass is 9.88. The fraction of sp³-hybridized carbons (Fsp3) is 0.533. The van der Waals surface area contributed by atoms with Gasteiger partial charge in [-0.3, -0.25) is 9.69 Å². The number of carboxylic acid groups (broad SMARTS) is 1. The van der Waals surface area contributed by atoms with Gasteiger partial charge < -0.3 is 5.11 Å². The summed E-state index contributed by atoms with van der Waals surface area (Å²) in [5.41, 5.74) is 2.20. The Morgan fingerprint density at radius 3 is 2.74 bits per heavy atom. The van der Waals surface area contributed by atoms with Crippen LogP contribution in [0.3, 0.4) is 0 Å². The van der Waals surface area contributed by atoms with Crippen LogP contribution in [0.5, 0.6) is 0 Å². The highest BCUT2D eigenvalue weighted by molar-refractivity contribution is 7.99. The molecule has 0 aliphatic carbocycles.